The number of hydrogen-bond acceptors (Lipinski definition) is 4. The zero-order chi connectivity index (χ0) is 22.1. The second-order valence-electron chi connectivity index (χ2n) is 8.48. The van der Waals surface area contributed by atoms with E-state index in [1.165, 1.54) is 24.3 Å². The van der Waals surface area contributed by atoms with Gasteiger partial charge in [-0.05, 0) is 68.9 Å². The van der Waals surface area contributed by atoms with Crippen LogP contribution in [-0.2, 0) is 4.79 Å². The fraction of sp³-hybridized carbons (Fsp3) is 0.391. The summed E-state index contributed by atoms with van der Waals surface area (Å²) < 4.78 is 18.9. The van der Waals surface area contributed by atoms with Crippen molar-refractivity contribution in [1.29, 1.82) is 0 Å². The molecule has 8 heteroatoms. The Hall–Kier alpha value is -2.80. The van der Waals surface area contributed by atoms with Gasteiger partial charge in [0.2, 0.25) is 0 Å². The van der Waals surface area contributed by atoms with Gasteiger partial charge in [-0.1, -0.05) is 17.7 Å². The van der Waals surface area contributed by atoms with E-state index in [2.05, 4.69) is 10.6 Å². The highest BCUT2D eigenvalue weighted by molar-refractivity contribution is 6.30. The molecule has 0 heterocycles. The number of amides is 2. The molecular weight excluding hydrogens is 423 g/mol. The lowest BCUT2D eigenvalue weighted by atomic mass is 9.61. The van der Waals surface area contributed by atoms with Crippen LogP contribution in [0.5, 0.6) is 11.5 Å². The van der Waals surface area contributed by atoms with Crippen molar-refractivity contribution >= 4 is 23.4 Å². The van der Waals surface area contributed by atoms with Gasteiger partial charge in [-0.3, -0.25) is 9.59 Å². The summed E-state index contributed by atoms with van der Waals surface area (Å²) in [5.74, 6) is -0.744. The Balaban J connectivity index is 1.30. The van der Waals surface area contributed by atoms with Crippen LogP contribution in [0.4, 0.5) is 4.39 Å². The van der Waals surface area contributed by atoms with Gasteiger partial charge in [0.05, 0.1) is 5.02 Å². The molecular formula is C23H24ClFN2O4. The predicted molar refractivity (Wildman–Crippen MR) is 114 cm³/mol. The van der Waals surface area contributed by atoms with Crippen LogP contribution in [0, 0.1) is 5.82 Å². The van der Waals surface area contributed by atoms with Gasteiger partial charge in [-0.2, -0.15) is 0 Å². The minimum atomic E-state index is -0.596. The number of aromatic hydroxyl groups is 1. The average molecular weight is 447 g/mol. The summed E-state index contributed by atoms with van der Waals surface area (Å²) in [6.45, 7) is -0.206. The Kier molecular flexibility index (Phi) is 5.79. The quantitative estimate of drug-likeness (QED) is 0.626. The minimum Gasteiger partial charge on any atom is -0.508 e. The fourth-order valence-electron chi connectivity index (χ4n) is 4.57. The van der Waals surface area contributed by atoms with Crippen molar-refractivity contribution in [2.75, 3.05) is 6.61 Å². The number of rotatable bonds is 6. The molecule has 0 radical (unpaired) electrons. The number of phenols is 1. The van der Waals surface area contributed by atoms with Gasteiger partial charge in [0.1, 0.15) is 17.3 Å². The average Bonchev–Trinajstić information content (AvgIpc) is 2.76. The Labute approximate surface area is 184 Å². The molecule has 2 aromatic rings. The van der Waals surface area contributed by atoms with E-state index in [1.54, 1.807) is 12.1 Å². The molecule has 0 unspecified atom stereocenters. The Morgan fingerprint density at radius 2 is 1.65 bits per heavy atom. The number of hydrogen-bond donors (Lipinski definition) is 3. The lowest BCUT2D eigenvalue weighted by Gasteiger charge is -2.53. The maximum atomic E-state index is 13.5. The van der Waals surface area contributed by atoms with Gasteiger partial charge in [0, 0.05) is 22.7 Å². The maximum Gasteiger partial charge on any atom is 0.258 e. The third-order valence-corrected chi connectivity index (χ3v) is 6.71. The van der Waals surface area contributed by atoms with Crippen LogP contribution in [-0.4, -0.2) is 34.6 Å². The first-order valence-corrected chi connectivity index (χ1v) is 10.7. The molecule has 3 saturated carbocycles. The van der Waals surface area contributed by atoms with Crippen molar-refractivity contribution in [3.63, 3.8) is 0 Å². The van der Waals surface area contributed by atoms with Crippen LogP contribution in [0.1, 0.15) is 48.9 Å². The van der Waals surface area contributed by atoms with Crippen molar-refractivity contribution in [1.82, 2.24) is 10.6 Å². The highest BCUT2D eigenvalue weighted by atomic mass is 35.5. The molecule has 0 spiro atoms. The van der Waals surface area contributed by atoms with E-state index < -0.39 is 5.82 Å². The minimum absolute atomic E-state index is 0.000239. The molecule has 2 aromatic carbocycles. The van der Waals surface area contributed by atoms with E-state index in [0.29, 0.717) is 5.56 Å². The Morgan fingerprint density at radius 3 is 2.26 bits per heavy atom. The normalized spacial score (nSPS) is 24.5. The van der Waals surface area contributed by atoms with Crippen molar-refractivity contribution in [2.45, 2.75) is 49.6 Å². The molecule has 2 amide bonds. The maximum absolute atomic E-state index is 13.5. The van der Waals surface area contributed by atoms with Crippen molar-refractivity contribution in [3.05, 3.63) is 58.9 Å². The molecule has 31 heavy (non-hydrogen) atoms. The van der Waals surface area contributed by atoms with Crippen LogP contribution in [0.3, 0.4) is 0 Å². The summed E-state index contributed by atoms with van der Waals surface area (Å²) in [4.78, 5) is 25.1. The van der Waals surface area contributed by atoms with Gasteiger partial charge in [0.15, 0.2) is 6.61 Å². The van der Waals surface area contributed by atoms with E-state index in [1.807, 2.05) is 0 Å². The van der Waals surface area contributed by atoms with Gasteiger partial charge in [-0.25, -0.2) is 4.39 Å². The van der Waals surface area contributed by atoms with E-state index >= 15 is 0 Å². The number of phenolic OH excluding ortho intramolecular Hbond substituents is 1. The van der Waals surface area contributed by atoms with E-state index in [0.717, 1.165) is 44.6 Å². The smallest absolute Gasteiger partial charge is 0.258 e. The van der Waals surface area contributed by atoms with Crippen molar-refractivity contribution in [3.8, 4) is 11.5 Å². The lowest BCUT2D eigenvalue weighted by molar-refractivity contribution is -0.126. The van der Waals surface area contributed by atoms with Gasteiger partial charge in [0.25, 0.3) is 11.8 Å². The summed E-state index contributed by atoms with van der Waals surface area (Å²) >= 11 is 5.65. The summed E-state index contributed by atoms with van der Waals surface area (Å²) in [6.07, 6.45) is 4.57. The molecule has 3 N–H and O–H groups in total. The van der Waals surface area contributed by atoms with Crippen LogP contribution >= 0.6 is 11.6 Å². The fourth-order valence-corrected chi connectivity index (χ4v) is 4.69. The number of nitrogens with one attached hydrogen (secondary N) is 2. The van der Waals surface area contributed by atoms with E-state index in [4.69, 9.17) is 16.3 Å². The topological polar surface area (TPSA) is 87.7 Å². The van der Waals surface area contributed by atoms with E-state index in [-0.39, 0.29) is 46.0 Å². The first-order chi connectivity index (χ1) is 14.8. The molecule has 164 valence electrons. The van der Waals surface area contributed by atoms with Crippen molar-refractivity contribution in [2.24, 2.45) is 0 Å². The second kappa shape index (κ2) is 8.38. The highest BCUT2D eigenvalue weighted by Gasteiger charge is 2.49. The largest absolute Gasteiger partial charge is 0.508 e. The molecule has 6 nitrogen and oxygen atoms in total. The lowest BCUT2D eigenvalue weighted by Crippen LogP contribution is -2.64. The molecule has 0 aromatic heterocycles. The first kappa shape index (κ1) is 21.4. The predicted octanol–water partition coefficient (Wildman–Crippen LogP) is 3.96. The number of fused-ring (bicyclic) bond motifs is 3. The molecule has 0 saturated heterocycles. The number of carbonyl (C=O) groups excluding carboxylic acids is 2. The molecule has 5 rings (SSSR count). The number of benzene rings is 2. The van der Waals surface area contributed by atoms with Crippen molar-refractivity contribution < 1.29 is 23.8 Å². The molecule has 0 aliphatic heterocycles. The third kappa shape index (κ3) is 4.77. The SMILES string of the molecule is O=C(COc1ccc(Cl)c(F)c1)NC12CCC(NC(=O)c3cccc(O)c3)(CC1)CC2. The van der Waals surface area contributed by atoms with Crippen LogP contribution < -0.4 is 15.4 Å². The summed E-state index contributed by atoms with van der Waals surface area (Å²) in [5, 5.41) is 15.9. The molecule has 3 aliphatic carbocycles. The standard InChI is InChI=1S/C23H24ClFN2O4/c24-18-5-4-17(13-19(18)25)31-14-20(29)26-22-6-9-23(10-7-22,11-8-22)27-21(30)15-2-1-3-16(28)12-15/h1-5,12-13,28H,6-11,14H2,(H,26,29)(H,27,30). The monoisotopic (exact) mass is 446 g/mol. The van der Waals surface area contributed by atoms with Gasteiger partial charge >= 0.3 is 0 Å². The number of ether oxygens (including phenoxy) is 1. The summed E-state index contributed by atoms with van der Waals surface area (Å²) in [7, 11) is 0. The summed E-state index contributed by atoms with van der Waals surface area (Å²) in [6, 6.07) is 10.4. The zero-order valence-electron chi connectivity index (χ0n) is 16.9. The Bertz CT molecular complexity index is 988. The molecule has 2 bridgehead atoms. The second-order valence-corrected chi connectivity index (χ2v) is 8.89. The van der Waals surface area contributed by atoms with Gasteiger partial charge < -0.3 is 20.5 Å². The number of carbonyl (C=O) groups is 2. The third-order valence-electron chi connectivity index (χ3n) is 6.40. The van der Waals surface area contributed by atoms with E-state index in [9.17, 15) is 19.1 Å². The highest BCUT2D eigenvalue weighted by Crippen LogP contribution is 2.47. The Morgan fingerprint density at radius 1 is 1.00 bits per heavy atom. The molecule has 3 fully saturated rings. The molecule has 3 aliphatic rings. The van der Waals surface area contributed by atoms with Gasteiger partial charge in [-0.15, -0.1) is 0 Å². The first-order valence-electron chi connectivity index (χ1n) is 10.3. The van der Waals surface area contributed by atoms with Crippen LogP contribution in [0.25, 0.3) is 0 Å². The summed E-state index contributed by atoms with van der Waals surface area (Å²) in [5.41, 5.74) is -0.156. The van der Waals surface area contributed by atoms with Crippen LogP contribution in [0.2, 0.25) is 5.02 Å². The number of halogens is 2. The van der Waals surface area contributed by atoms with Crippen LogP contribution in [0.15, 0.2) is 42.5 Å². The molecule has 0 atom stereocenters. The zero-order valence-corrected chi connectivity index (χ0v) is 17.7.